The van der Waals surface area contributed by atoms with Gasteiger partial charge in [-0.2, -0.15) is 0 Å². The highest BCUT2D eigenvalue weighted by Crippen LogP contribution is 2.20. The van der Waals surface area contributed by atoms with Gasteiger partial charge in [0.25, 0.3) is 0 Å². The fraction of sp³-hybridized carbons (Fsp3) is 0.300. The van der Waals surface area contributed by atoms with E-state index >= 15 is 0 Å². The van der Waals surface area contributed by atoms with Gasteiger partial charge in [0.15, 0.2) is 5.11 Å². The SMILES string of the molecule is CC(C)NS(=O)(=O)c1ccccc1NC(N)=S. The van der Waals surface area contributed by atoms with Crippen LogP contribution in [0.1, 0.15) is 13.8 Å². The zero-order chi connectivity index (χ0) is 13.1. The Hall–Kier alpha value is -1.18. The predicted octanol–water partition coefficient (Wildman–Crippen LogP) is 1.03. The number of benzene rings is 1. The van der Waals surface area contributed by atoms with E-state index in [2.05, 4.69) is 10.0 Å². The maximum Gasteiger partial charge on any atom is 0.242 e. The van der Waals surface area contributed by atoms with Gasteiger partial charge in [-0.1, -0.05) is 12.1 Å². The number of nitrogens with one attached hydrogen (secondary N) is 2. The van der Waals surface area contributed by atoms with Gasteiger partial charge in [-0.3, -0.25) is 0 Å². The summed E-state index contributed by atoms with van der Waals surface area (Å²) in [4.78, 5) is 0.126. The fourth-order valence-electron chi connectivity index (χ4n) is 1.31. The van der Waals surface area contributed by atoms with Gasteiger partial charge in [0, 0.05) is 6.04 Å². The molecule has 17 heavy (non-hydrogen) atoms. The molecule has 0 amide bonds. The predicted molar refractivity (Wildman–Crippen MR) is 72.3 cm³/mol. The van der Waals surface area contributed by atoms with E-state index in [9.17, 15) is 8.42 Å². The first-order valence-electron chi connectivity index (χ1n) is 5.01. The van der Waals surface area contributed by atoms with Crippen LogP contribution in [0.5, 0.6) is 0 Å². The van der Waals surface area contributed by atoms with Crippen LogP contribution in [0.25, 0.3) is 0 Å². The van der Waals surface area contributed by atoms with Crippen molar-refractivity contribution in [3.8, 4) is 0 Å². The number of sulfonamides is 1. The molecule has 1 aromatic carbocycles. The summed E-state index contributed by atoms with van der Waals surface area (Å²) in [5.74, 6) is 0. The molecular weight excluding hydrogens is 258 g/mol. The zero-order valence-corrected chi connectivity index (χ0v) is 11.2. The maximum atomic E-state index is 12.0. The van der Waals surface area contributed by atoms with Crippen LogP contribution in [0.2, 0.25) is 0 Å². The number of rotatable bonds is 4. The average Bonchev–Trinajstić information content (AvgIpc) is 2.15. The van der Waals surface area contributed by atoms with Gasteiger partial charge in [-0.25, -0.2) is 13.1 Å². The minimum absolute atomic E-state index is 0.0252. The average molecular weight is 273 g/mol. The van der Waals surface area contributed by atoms with Crippen LogP contribution in [-0.2, 0) is 10.0 Å². The van der Waals surface area contributed by atoms with E-state index in [0.29, 0.717) is 5.69 Å². The van der Waals surface area contributed by atoms with Gasteiger partial charge in [0.2, 0.25) is 10.0 Å². The van der Waals surface area contributed by atoms with E-state index < -0.39 is 10.0 Å². The lowest BCUT2D eigenvalue weighted by Gasteiger charge is -2.13. The van der Waals surface area contributed by atoms with Crippen molar-refractivity contribution in [2.24, 2.45) is 5.73 Å². The third kappa shape index (κ3) is 3.95. The molecule has 0 aliphatic rings. The second kappa shape index (κ2) is 5.44. The summed E-state index contributed by atoms with van der Waals surface area (Å²) < 4.78 is 26.5. The molecule has 0 saturated heterocycles. The molecule has 5 nitrogen and oxygen atoms in total. The molecule has 0 aliphatic carbocycles. The molecule has 0 saturated carbocycles. The van der Waals surface area contributed by atoms with Gasteiger partial charge in [-0.05, 0) is 38.2 Å². The van der Waals surface area contributed by atoms with Gasteiger partial charge in [0.05, 0.1) is 5.69 Å². The van der Waals surface area contributed by atoms with Crippen molar-refractivity contribution in [2.45, 2.75) is 24.8 Å². The first-order chi connectivity index (χ1) is 7.83. The van der Waals surface area contributed by atoms with Crippen LogP contribution in [0.4, 0.5) is 5.69 Å². The number of anilines is 1. The first kappa shape index (κ1) is 13.9. The van der Waals surface area contributed by atoms with Crippen LogP contribution in [0.3, 0.4) is 0 Å². The van der Waals surface area contributed by atoms with Gasteiger partial charge in [-0.15, -0.1) is 0 Å². The molecule has 0 unspecified atom stereocenters. The highest BCUT2D eigenvalue weighted by atomic mass is 32.2. The van der Waals surface area contributed by atoms with E-state index in [0.717, 1.165) is 0 Å². The molecule has 4 N–H and O–H groups in total. The highest BCUT2D eigenvalue weighted by Gasteiger charge is 2.19. The van der Waals surface area contributed by atoms with Gasteiger partial charge >= 0.3 is 0 Å². The second-order valence-corrected chi connectivity index (χ2v) is 5.88. The highest BCUT2D eigenvalue weighted by molar-refractivity contribution is 7.89. The molecule has 0 heterocycles. The van der Waals surface area contributed by atoms with E-state index in [1.54, 1.807) is 32.0 Å². The molecule has 0 fully saturated rings. The Morgan fingerprint density at radius 1 is 1.35 bits per heavy atom. The Bertz CT molecular complexity index is 512. The number of para-hydroxylation sites is 1. The van der Waals surface area contributed by atoms with Crippen LogP contribution < -0.4 is 15.8 Å². The lowest BCUT2D eigenvalue weighted by molar-refractivity contribution is 0.570. The second-order valence-electron chi connectivity index (χ2n) is 3.76. The minimum atomic E-state index is -3.56. The summed E-state index contributed by atoms with van der Waals surface area (Å²) in [7, 11) is -3.56. The summed E-state index contributed by atoms with van der Waals surface area (Å²) in [5, 5.41) is 2.67. The van der Waals surface area contributed by atoms with Crippen molar-refractivity contribution in [3.63, 3.8) is 0 Å². The van der Waals surface area contributed by atoms with Crippen molar-refractivity contribution < 1.29 is 8.42 Å². The van der Waals surface area contributed by atoms with Crippen molar-refractivity contribution in [2.75, 3.05) is 5.32 Å². The summed E-state index contributed by atoms with van der Waals surface area (Å²) in [5.41, 5.74) is 5.71. The van der Waals surface area contributed by atoms with Crippen molar-refractivity contribution >= 4 is 33.0 Å². The molecule has 0 spiro atoms. The Morgan fingerprint density at radius 2 is 1.94 bits per heavy atom. The topological polar surface area (TPSA) is 84.2 Å². The van der Waals surface area contributed by atoms with Gasteiger partial charge in [0.1, 0.15) is 4.90 Å². The molecule has 94 valence electrons. The molecule has 0 aromatic heterocycles. The number of nitrogens with two attached hydrogens (primary N) is 1. The van der Waals surface area contributed by atoms with Crippen LogP contribution in [0, 0.1) is 0 Å². The lowest BCUT2D eigenvalue weighted by Crippen LogP contribution is -2.31. The van der Waals surface area contributed by atoms with Crippen molar-refractivity contribution in [1.29, 1.82) is 0 Å². The van der Waals surface area contributed by atoms with Gasteiger partial charge < -0.3 is 11.1 Å². The monoisotopic (exact) mass is 273 g/mol. The Morgan fingerprint density at radius 3 is 2.47 bits per heavy atom. The number of hydrogen-bond acceptors (Lipinski definition) is 3. The zero-order valence-electron chi connectivity index (χ0n) is 9.60. The fourth-order valence-corrected chi connectivity index (χ4v) is 2.83. The molecule has 1 aromatic rings. The summed E-state index contributed by atoms with van der Waals surface area (Å²) in [6.45, 7) is 3.50. The lowest BCUT2D eigenvalue weighted by atomic mass is 10.3. The Labute approximate surface area is 106 Å². The van der Waals surface area contributed by atoms with Crippen molar-refractivity contribution in [1.82, 2.24) is 4.72 Å². The third-order valence-electron chi connectivity index (χ3n) is 1.83. The van der Waals surface area contributed by atoms with Crippen LogP contribution in [0.15, 0.2) is 29.2 Å². The summed E-state index contributed by atoms with van der Waals surface area (Å²) >= 11 is 4.70. The molecular formula is C10H15N3O2S2. The van der Waals surface area contributed by atoms with E-state index in [4.69, 9.17) is 18.0 Å². The molecule has 7 heteroatoms. The molecule has 0 radical (unpaired) electrons. The molecule has 1 rings (SSSR count). The number of thiocarbonyl (C=S) groups is 1. The normalized spacial score (nSPS) is 11.5. The van der Waals surface area contributed by atoms with E-state index in [1.807, 2.05) is 0 Å². The summed E-state index contributed by atoms with van der Waals surface area (Å²) in [6.07, 6.45) is 0. The number of hydrogen-bond donors (Lipinski definition) is 3. The molecule has 0 aliphatic heterocycles. The largest absolute Gasteiger partial charge is 0.376 e. The third-order valence-corrected chi connectivity index (χ3v) is 3.64. The van der Waals surface area contributed by atoms with Crippen LogP contribution in [-0.4, -0.2) is 19.6 Å². The first-order valence-corrected chi connectivity index (χ1v) is 6.90. The minimum Gasteiger partial charge on any atom is -0.376 e. The molecule has 0 atom stereocenters. The Kier molecular flexibility index (Phi) is 4.44. The quantitative estimate of drug-likeness (QED) is 0.714. The molecule has 0 bridgehead atoms. The Balaban J connectivity index is 3.17. The summed E-state index contributed by atoms with van der Waals surface area (Å²) in [6, 6.07) is 6.26. The smallest absolute Gasteiger partial charge is 0.242 e. The van der Waals surface area contributed by atoms with E-state index in [-0.39, 0.29) is 16.0 Å². The van der Waals surface area contributed by atoms with Crippen LogP contribution >= 0.6 is 12.2 Å². The van der Waals surface area contributed by atoms with Crippen molar-refractivity contribution in [3.05, 3.63) is 24.3 Å². The standard InChI is InChI=1S/C10H15N3O2S2/c1-7(2)13-17(14,15)9-6-4-3-5-8(9)12-10(11)16/h3-7,13H,1-2H3,(H3,11,12,16). The van der Waals surface area contributed by atoms with E-state index in [1.165, 1.54) is 6.07 Å². The maximum absolute atomic E-state index is 12.0.